The number of halogens is 2. The molecule has 74 valence electrons. The molecule has 0 heterocycles. The summed E-state index contributed by atoms with van der Waals surface area (Å²) in [5.41, 5.74) is 0. The van der Waals surface area contributed by atoms with E-state index in [1.54, 1.807) is 0 Å². The fourth-order valence-corrected chi connectivity index (χ4v) is 2.66. The average Bonchev–Trinajstić information content (AvgIpc) is 2.09. The standard InChI is InChI=1S/C9H6Cl2O2S/c1-2-5-14(12,13)9-6-7(10)3-4-8(9)11/h1,3-4,6H,5H2. The smallest absolute Gasteiger partial charge is 0.191 e. The molecule has 0 aliphatic heterocycles. The molecule has 0 aromatic heterocycles. The maximum atomic E-state index is 11.5. The van der Waals surface area contributed by atoms with Gasteiger partial charge < -0.3 is 0 Å². The van der Waals surface area contributed by atoms with Gasteiger partial charge in [0.25, 0.3) is 0 Å². The van der Waals surface area contributed by atoms with Gasteiger partial charge in [0, 0.05) is 5.02 Å². The molecule has 0 bridgehead atoms. The molecule has 0 spiro atoms. The SMILES string of the molecule is C#CCS(=O)(=O)c1cc(Cl)ccc1Cl. The van der Waals surface area contributed by atoms with Crippen molar-refractivity contribution < 1.29 is 8.42 Å². The van der Waals surface area contributed by atoms with E-state index in [4.69, 9.17) is 29.6 Å². The number of benzene rings is 1. The molecule has 0 radical (unpaired) electrons. The molecule has 0 fully saturated rings. The molecule has 0 atom stereocenters. The predicted octanol–water partition coefficient (Wildman–Crippen LogP) is 2.40. The lowest BCUT2D eigenvalue weighted by molar-refractivity contribution is 0.599. The van der Waals surface area contributed by atoms with E-state index in [-0.39, 0.29) is 15.7 Å². The molecular formula is C9H6Cl2O2S. The van der Waals surface area contributed by atoms with E-state index in [0.29, 0.717) is 5.02 Å². The van der Waals surface area contributed by atoms with E-state index in [0.717, 1.165) is 0 Å². The van der Waals surface area contributed by atoms with E-state index in [2.05, 4.69) is 5.92 Å². The number of terminal acetylenes is 1. The highest BCUT2D eigenvalue weighted by Crippen LogP contribution is 2.25. The zero-order valence-electron chi connectivity index (χ0n) is 7.00. The van der Waals surface area contributed by atoms with Gasteiger partial charge in [0.1, 0.15) is 5.75 Å². The molecule has 1 aromatic rings. The lowest BCUT2D eigenvalue weighted by Crippen LogP contribution is -2.05. The first-order valence-electron chi connectivity index (χ1n) is 3.58. The van der Waals surface area contributed by atoms with E-state index in [1.807, 2.05) is 0 Å². The second-order valence-corrected chi connectivity index (χ2v) is 5.34. The topological polar surface area (TPSA) is 34.1 Å². The Bertz CT molecular complexity index is 486. The summed E-state index contributed by atoms with van der Waals surface area (Å²) in [5, 5.41) is 0.439. The second kappa shape index (κ2) is 4.22. The van der Waals surface area contributed by atoms with Crippen LogP contribution in [0.5, 0.6) is 0 Å². The monoisotopic (exact) mass is 248 g/mol. The zero-order chi connectivity index (χ0) is 10.8. The molecule has 0 unspecified atom stereocenters. The third-order valence-electron chi connectivity index (χ3n) is 1.50. The summed E-state index contributed by atoms with van der Waals surface area (Å²) < 4.78 is 23.0. The maximum absolute atomic E-state index is 11.5. The molecule has 0 aliphatic rings. The number of hydrogen-bond acceptors (Lipinski definition) is 2. The second-order valence-electron chi connectivity index (χ2n) is 2.54. The largest absolute Gasteiger partial charge is 0.223 e. The van der Waals surface area contributed by atoms with Gasteiger partial charge in [0.2, 0.25) is 0 Å². The van der Waals surface area contributed by atoms with Gasteiger partial charge in [-0.15, -0.1) is 6.42 Å². The number of hydrogen-bond donors (Lipinski definition) is 0. The summed E-state index contributed by atoms with van der Waals surface area (Å²) in [6.45, 7) is 0. The Balaban J connectivity index is 3.33. The van der Waals surface area contributed by atoms with Gasteiger partial charge in [-0.2, -0.15) is 0 Å². The van der Waals surface area contributed by atoms with Gasteiger partial charge in [0.15, 0.2) is 9.84 Å². The first-order valence-corrected chi connectivity index (χ1v) is 5.99. The van der Waals surface area contributed by atoms with Crippen LogP contribution in [0.3, 0.4) is 0 Å². The van der Waals surface area contributed by atoms with Crippen molar-refractivity contribution in [1.82, 2.24) is 0 Å². The van der Waals surface area contributed by atoms with Crippen molar-refractivity contribution in [3.63, 3.8) is 0 Å². The van der Waals surface area contributed by atoms with Crippen LogP contribution in [0.2, 0.25) is 10.0 Å². The summed E-state index contributed by atoms with van der Waals surface area (Å²) in [5.74, 6) is 1.68. The Morgan fingerprint density at radius 2 is 2.00 bits per heavy atom. The Kier molecular flexibility index (Phi) is 3.43. The third-order valence-corrected chi connectivity index (χ3v) is 3.73. The molecule has 1 aromatic carbocycles. The normalized spacial score (nSPS) is 10.9. The fourth-order valence-electron chi connectivity index (χ4n) is 0.903. The van der Waals surface area contributed by atoms with Crippen LogP contribution in [0.15, 0.2) is 23.1 Å². The van der Waals surface area contributed by atoms with Gasteiger partial charge in [-0.05, 0) is 18.2 Å². The predicted molar refractivity (Wildman–Crippen MR) is 57.3 cm³/mol. The van der Waals surface area contributed by atoms with Crippen LogP contribution in [0.4, 0.5) is 0 Å². The Morgan fingerprint density at radius 3 is 2.57 bits per heavy atom. The van der Waals surface area contributed by atoms with Crippen LogP contribution in [0.25, 0.3) is 0 Å². The van der Waals surface area contributed by atoms with Crippen LogP contribution in [-0.4, -0.2) is 14.2 Å². The summed E-state index contributed by atoms with van der Waals surface area (Å²) in [6, 6.07) is 4.22. The minimum atomic E-state index is -3.52. The van der Waals surface area contributed by atoms with E-state index < -0.39 is 9.84 Å². The number of rotatable bonds is 2. The molecule has 5 heteroatoms. The Morgan fingerprint density at radius 1 is 1.36 bits per heavy atom. The van der Waals surface area contributed by atoms with Crippen LogP contribution in [0.1, 0.15) is 0 Å². The van der Waals surface area contributed by atoms with E-state index >= 15 is 0 Å². The van der Waals surface area contributed by atoms with Crippen LogP contribution in [-0.2, 0) is 9.84 Å². The van der Waals surface area contributed by atoms with Crippen molar-refractivity contribution in [3.8, 4) is 12.3 Å². The maximum Gasteiger partial charge on any atom is 0.191 e. The van der Waals surface area contributed by atoms with Gasteiger partial charge >= 0.3 is 0 Å². The summed E-state index contributed by atoms with van der Waals surface area (Å²) >= 11 is 11.4. The van der Waals surface area contributed by atoms with Gasteiger partial charge in [0.05, 0.1) is 9.92 Å². The van der Waals surface area contributed by atoms with Crippen LogP contribution >= 0.6 is 23.2 Å². The van der Waals surface area contributed by atoms with Gasteiger partial charge in [-0.3, -0.25) is 0 Å². The van der Waals surface area contributed by atoms with Gasteiger partial charge in [-0.1, -0.05) is 29.1 Å². The minimum absolute atomic E-state index is 0.0235. The molecule has 0 saturated heterocycles. The number of sulfone groups is 1. The average molecular weight is 249 g/mol. The first-order chi connectivity index (χ1) is 6.47. The molecule has 0 amide bonds. The van der Waals surface area contributed by atoms with Crippen molar-refractivity contribution in [3.05, 3.63) is 28.2 Å². The molecule has 2 nitrogen and oxygen atoms in total. The van der Waals surface area contributed by atoms with E-state index in [1.165, 1.54) is 18.2 Å². The lowest BCUT2D eigenvalue weighted by Gasteiger charge is -2.03. The Labute approximate surface area is 92.8 Å². The van der Waals surface area contributed by atoms with Crippen molar-refractivity contribution >= 4 is 33.0 Å². The molecule has 14 heavy (non-hydrogen) atoms. The third kappa shape index (κ3) is 2.42. The van der Waals surface area contributed by atoms with Crippen molar-refractivity contribution in [2.24, 2.45) is 0 Å². The quantitative estimate of drug-likeness (QED) is 0.754. The minimum Gasteiger partial charge on any atom is -0.223 e. The van der Waals surface area contributed by atoms with Gasteiger partial charge in [-0.25, -0.2) is 8.42 Å². The van der Waals surface area contributed by atoms with Crippen molar-refractivity contribution in [2.75, 3.05) is 5.75 Å². The van der Waals surface area contributed by atoms with Crippen LogP contribution in [0, 0.1) is 12.3 Å². The Hall–Kier alpha value is -0.690. The molecule has 1 rings (SSSR count). The van der Waals surface area contributed by atoms with E-state index in [9.17, 15) is 8.42 Å². The highest BCUT2D eigenvalue weighted by Gasteiger charge is 2.16. The summed E-state index contributed by atoms with van der Waals surface area (Å²) in [6.07, 6.45) is 4.93. The first kappa shape index (κ1) is 11.4. The lowest BCUT2D eigenvalue weighted by atomic mass is 10.4. The molecular weight excluding hydrogens is 243 g/mol. The fraction of sp³-hybridized carbons (Fsp3) is 0.111. The summed E-state index contributed by atoms with van der Waals surface area (Å²) in [4.78, 5) is -0.0235. The highest BCUT2D eigenvalue weighted by atomic mass is 35.5. The van der Waals surface area contributed by atoms with Crippen molar-refractivity contribution in [2.45, 2.75) is 4.90 Å². The molecule has 0 N–H and O–H groups in total. The summed E-state index contributed by atoms with van der Waals surface area (Å²) in [7, 11) is -3.52. The molecule has 0 aliphatic carbocycles. The highest BCUT2D eigenvalue weighted by molar-refractivity contribution is 7.91. The zero-order valence-corrected chi connectivity index (χ0v) is 9.33. The van der Waals surface area contributed by atoms with Crippen LogP contribution < -0.4 is 0 Å². The van der Waals surface area contributed by atoms with Crippen molar-refractivity contribution in [1.29, 1.82) is 0 Å². The molecule has 0 saturated carbocycles.